The molecule has 0 aliphatic heterocycles. The van der Waals surface area contributed by atoms with Crippen LogP contribution in [0.4, 0.5) is 5.69 Å². The third-order valence-corrected chi connectivity index (χ3v) is 3.58. The number of hydrogen-bond donors (Lipinski definition) is 1. The summed E-state index contributed by atoms with van der Waals surface area (Å²) in [6.45, 7) is 0.489. The first-order valence-electron chi connectivity index (χ1n) is 5.51. The van der Waals surface area contributed by atoms with Gasteiger partial charge in [-0.05, 0) is 29.1 Å². The van der Waals surface area contributed by atoms with Gasteiger partial charge < -0.3 is 5.73 Å². The Hall–Kier alpha value is -2.14. The van der Waals surface area contributed by atoms with Crippen molar-refractivity contribution in [2.24, 2.45) is 0 Å². The number of anilines is 1. The second kappa shape index (κ2) is 4.27. The summed E-state index contributed by atoms with van der Waals surface area (Å²) >= 11 is 1.47. The van der Waals surface area contributed by atoms with E-state index in [1.165, 1.54) is 11.3 Å². The van der Waals surface area contributed by atoms with Crippen LogP contribution in [-0.4, -0.2) is 9.55 Å². The zero-order valence-electron chi connectivity index (χ0n) is 9.54. The highest BCUT2D eigenvalue weighted by Gasteiger charge is 2.05. The summed E-state index contributed by atoms with van der Waals surface area (Å²) < 4.78 is 1.60. The standard InChI is InChI=1S/C13H11N3OS/c14-10-3-1-2-9(6-10)7-16-8-15-12-11(13(16)17)4-5-18-12/h1-6,8H,7,14H2. The van der Waals surface area contributed by atoms with Crippen molar-refractivity contribution in [1.82, 2.24) is 9.55 Å². The van der Waals surface area contributed by atoms with Gasteiger partial charge in [0.05, 0.1) is 18.3 Å². The van der Waals surface area contributed by atoms with Crippen molar-refractivity contribution in [3.05, 3.63) is 58.0 Å². The van der Waals surface area contributed by atoms with Crippen molar-refractivity contribution in [2.75, 3.05) is 5.73 Å². The Morgan fingerprint density at radius 2 is 2.22 bits per heavy atom. The zero-order valence-corrected chi connectivity index (χ0v) is 10.4. The minimum atomic E-state index is -0.0105. The Balaban J connectivity index is 2.05. The Morgan fingerprint density at radius 3 is 3.06 bits per heavy atom. The summed E-state index contributed by atoms with van der Waals surface area (Å²) in [5.41, 5.74) is 7.41. The Kier molecular flexibility index (Phi) is 2.60. The van der Waals surface area contributed by atoms with E-state index in [1.807, 2.05) is 35.7 Å². The van der Waals surface area contributed by atoms with E-state index in [-0.39, 0.29) is 5.56 Å². The second-order valence-electron chi connectivity index (χ2n) is 4.06. The van der Waals surface area contributed by atoms with Crippen molar-refractivity contribution in [1.29, 1.82) is 0 Å². The summed E-state index contributed by atoms with van der Waals surface area (Å²) in [6, 6.07) is 9.33. The molecule has 0 fully saturated rings. The zero-order chi connectivity index (χ0) is 12.5. The molecule has 5 heteroatoms. The lowest BCUT2D eigenvalue weighted by atomic mass is 10.2. The fourth-order valence-electron chi connectivity index (χ4n) is 1.89. The lowest BCUT2D eigenvalue weighted by Crippen LogP contribution is -2.20. The average Bonchev–Trinajstić information content (AvgIpc) is 2.82. The monoisotopic (exact) mass is 257 g/mol. The van der Waals surface area contributed by atoms with Gasteiger partial charge in [-0.25, -0.2) is 4.98 Å². The second-order valence-corrected chi connectivity index (χ2v) is 4.96. The summed E-state index contributed by atoms with van der Waals surface area (Å²) in [4.78, 5) is 17.2. The van der Waals surface area contributed by atoms with Crippen LogP contribution in [0, 0.1) is 0 Å². The maximum absolute atomic E-state index is 12.2. The van der Waals surface area contributed by atoms with Gasteiger partial charge in [0.1, 0.15) is 4.83 Å². The van der Waals surface area contributed by atoms with Gasteiger partial charge in [0.25, 0.3) is 5.56 Å². The summed E-state index contributed by atoms with van der Waals surface area (Å²) in [5.74, 6) is 0. The fraction of sp³-hybridized carbons (Fsp3) is 0.0769. The molecule has 3 rings (SSSR count). The van der Waals surface area contributed by atoms with Crippen LogP contribution in [0.15, 0.2) is 46.8 Å². The molecule has 0 amide bonds. The van der Waals surface area contributed by atoms with Gasteiger partial charge in [-0.15, -0.1) is 11.3 Å². The van der Waals surface area contributed by atoms with E-state index in [1.54, 1.807) is 10.9 Å². The molecule has 2 N–H and O–H groups in total. The van der Waals surface area contributed by atoms with Gasteiger partial charge in [0.15, 0.2) is 0 Å². The Labute approximate surface area is 107 Å². The van der Waals surface area contributed by atoms with Gasteiger partial charge >= 0.3 is 0 Å². The van der Waals surface area contributed by atoms with Crippen LogP contribution in [0.25, 0.3) is 10.2 Å². The van der Waals surface area contributed by atoms with Crippen LogP contribution in [0.1, 0.15) is 5.56 Å². The van der Waals surface area contributed by atoms with Gasteiger partial charge in [-0.1, -0.05) is 12.1 Å². The number of nitrogens with two attached hydrogens (primary N) is 1. The van der Waals surface area contributed by atoms with Crippen LogP contribution in [0.5, 0.6) is 0 Å². The molecular formula is C13H11N3OS. The van der Waals surface area contributed by atoms with Crippen molar-refractivity contribution >= 4 is 27.2 Å². The van der Waals surface area contributed by atoms with E-state index in [2.05, 4.69) is 4.98 Å². The van der Waals surface area contributed by atoms with Gasteiger partial charge in [-0.3, -0.25) is 9.36 Å². The average molecular weight is 257 g/mol. The molecule has 1 aromatic carbocycles. The molecule has 0 saturated heterocycles. The lowest BCUT2D eigenvalue weighted by molar-refractivity contribution is 0.749. The van der Waals surface area contributed by atoms with Crippen molar-refractivity contribution < 1.29 is 0 Å². The Bertz CT molecular complexity index is 760. The molecule has 0 bridgehead atoms. The summed E-state index contributed by atoms with van der Waals surface area (Å²) in [6.07, 6.45) is 1.59. The molecule has 2 aromatic heterocycles. The van der Waals surface area contributed by atoms with Crippen LogP contribution < -0.4 is 11.3 Å². The number of aromatic nitrogens is 2. The molecule has 0 radical (unpaired) electrons. The quantitative estimate of drug-likeness (QED) is 0.715. The Morgan fingerprint density at radius 1 is 1.33 bits per heavy atom. The van der Waals surface area contributed by atoms with E-state index >= 15 is 0 Å². The minimum Gasteiger partial charge on any atom is -0.399 e. The normalized spacial score (nSPS) is 10.9. The number of nitrogens with zero attached hydrogens (tertiary/aromatic N) is 2. The van der Waals surface area contributed by atoms with Crippen molar-refractivity contribution in [2.45, 2.75) is 6.54 Å². The maximum atomic E-state index is 12.2. The molecule has 0 atom stereocenters. The highest BCUT2D eigenvalue weighted by molar-refractivity contribution is 7.16. The molecule has 3 aromatic rings. The molecule has 18 heavy (non-hydrogen) atoms. The smallest absolute Gasteiger partial charge is 0.262 e. The predicted molar refractivity (Wildman–Crippen MR) is 73.8 cm³/mol. The topological polar surface area (TPSA) is 60.9 Å². The minimum absolute atomic E-state index is 0.0105. The molecule has 0 saturated carbocycles. The van der Waals surface area contributed by atoms with E-state index in [9.17, 15) is 4.79 Å². The lowest BCUT2D eigenvalue weighted by Gasteiger charge is -2.05. The van der Waals surface area contributed by atoms with Gasteiger partial charge in [0, 0.05) is 5.69 Å². The molecule has 0 spiro atoms. The molecule has 0 unspecified atom stereocenters. The molecule has 4 nitrogen and oxygen atoms in total. The van der Waals surface area contributed by atoms with Crippen LogP contribution >= 0.6 is 11.3 Å². The number of nitrogen functional groups attached to an aromatic ring is 1. The van der Waals surface area contributed by atoms with Crippen LogP contribution in [-0.2, 0) is 6.54 Å². The molecule has 0 aliphatic carbocycles. The number of thiophene rings is 1. The van der Waals surface area contributed by atoms with Gasteiger partial charge in [0.2, 0.25) is 0 Å². The van der Waals surface area contributed by atoms with Crippen molar-refractivity contribution in [3.8, 4) is 0 Å². The largest absolute Gasteiger partial charge is 0.399 e. The van der Waals surface area contributed by atoms with Crippen LogP contribution in [0.2, 0.25) is 0 Å². The van der Waals surface area contributed by atoms with E-state index in [0.717, 1.165) is 10.4 Å². The molecule has 90 valence electrons. The highest BCUT2D eigenvalue weighted by atomic mass is 32.1. The van der Waals surface area contributed by atoms with E-state index in [4.69, 9.17) is 5.73 Å². The first kappa shape index (κ1) is 11.0. The first-order chi connectivity index (χ1) is 8.74. The van der Waals surface area contributed by atoms with Crippen molar-refractivity contribution in [3.63, 3.8) is 0 Å². The maximum Gasteiger partial charge on any atom is 0.262 e. The third kappa shape index (κ3) is 1.89. The van der Waals surface area contributed by atoms with E-state index < -0.39 is 0 Å². The number of hydrogen-bond acceptors (Lipinski definition) is 4. The SMILES string of the molecule is Nc1cccc(Cn2cnc3sccc3c2=O)c1. The fourth-order valence-corrected chi connectivity index (χ4v) is 2.62. The van der Waals surface area contributed by atoms with Gasteiger partial charge in [-0.2, -0.15) is 0 Å². The highest BCUT2D eigenvalue weighted by Crippen LogP contribution is 2.14. The number of fused-ring (bicyclic) bond motifs is 1. The molecule has 2 heterocycles. The number of benzene rings is 1. The molecular weight excluding hydrogens is 246 g/mol. The van der Waals surface area contributed by atoms with Crippen LogP contribution in [0.3, 0.4) is 0 Å². The third-order valence-electron chi connectivity index (χ3n) is 2.75. The van der Waals surface area contributed by atoms with E-state index in [0.29, 0.717) is 17.6 Å². The first-order valence-corrected chi connectivity index (χ1v) is 6.39. The summed E-state index contributed by atoms with van der Waals surface area (Å²) in [7, 11) is 0. The summed E-state index contributed by atoms with van der Waals surface area (Å²) in [5, 5.41) is 2.55. The predicted octanol–water partition coefficient (Wildman–Crippen LogP) is 2.09. The number of rotatable bonds is 2. The molecule has 0 aliphatic rings.